The quantitative estimate of drug-likeness (QED) is 0.874. The van der Waals surface area contributed by atoms with Crippen molar-refractivity contribution in [3.8, 4) is 0 Å². The zero-order valence-corrected chi connectivity index (χ0v) is 11.6. The summed E-state index contributed by atoms with van der Waals surface area (Å²) in [5.41, 5.74) is 8.47. The van der Waals surface area contributed by atoms with Gasteiger partial charge in [0, 0.05) is 10.7 Å². The average Bonchev–Trinajstić information content (AvgIpc) is 2.35. The largest absolute Gasteiger partial charge is 0.398 e. The fraction of sp³-hybridized carbons (Fsp3) is 0.143. The summed E-state index contributed by atoms with van der Waals surface area (Å²) in [5.74, 6) is 0.449. The van der Waals surface area contributed by atoms with E-state index in [9.17, 15) is 4.21 Å². The first-order valence-corrected chi connectivity index (χ1v) is 7.25. The van der Waals surface area contributed by atoms with Crippen LogP contribution in [0.3, 0.4) is 0 Å². The summed E-state index contributed by atoms with van der Waals surface area (Å²) < 4.78 is 12.3. The van der Waals surface area contributed by atoms with E-state index in [2.05, 4.69) is 0 Å². The van der Waals surface area contributed by atoms with E-state index in [1.807, 2.05) is 31.2 Å². The van der Waals surface area contributed by atoms with Gasteiger partial charge in [0.15, 0.2) is 0 Å². The van der Waals surface area contributed by atoms with Gasteiger partial charge in [-0.3, -0.25) is 4.21 Å². The highest BCUT2D eigenvalue weighted by atomic mass is 35.5. The van der Waals surface area contributed by atoms with Gasteiger partial charge in [0.25, 0.3) is 0 Å². The van der Waals surface area contributed by atoms with Crippen molar-refractivity contribution in [2.24, 2.45) is 0 Å². The molecule has 0 heterocycles. The summed E-state index contributed by atoms with van der Waals surface area (Å²) in [6.45, 7) is 1.96. The highest BCUT2D eigenvalue weighted by Gasteiger charge is 2.09. The van der Waals surface area contributed by atoms with Gasteiger partial charge in [0.2, 0.25) is 0 Å². The number of anilines is 1. The number of hydrogen-bond acceptors (Lipinski definition) is 2. The van der Waals surface area contributed by atoms with Crippen LogP contribution in [0.5, 0.6) is 0 Å². The summed E-state index contributed by atoms with van der Waals surface area (Å²) in [7, 11) is -1.13. The summed E-state index contributed by atoms with van der Waals surface area (Å²) >= 11 is 5.82. The molecule has 0 bridgehead atoms. The maximum absolute atomic E-state index is 12.3. The van der Waals surface area contributed by atoms with Crippen LogP contribution in [0.15, 0.2) is 47.4 Å². The third-order valence-electron chi connectivity index (χ3n) is 2.63. The van der Waals surface area contributed by atoms with Gasteiger partial charge in [-0.2, -0.15) is 0 Å². The van der Waals surface area contributed by atoms with E-state index >= 15 is 0 Å². The normalized spacial score (nSPS) is 12.3. The first-order valence-electron chi connectivity index (χ1n) is 5.55. The molecular formula is C14H14ClNOS. The van der Waals surface area contributed by atoms with Crippen LogP contribution in [-0.4, -0.2) is 4.21 Å². The van der Waals surface area contributed by atoms with Gasteiger partial charge in [0.05, 0.1) is 21.4 Å². The average molecular weight is 280 g/mol. The molecule has 0 aliphatic rings. The molecule has 2 rings (SSSR count). The van der Waals surface area contributed by atoms with Gasteiger partial charge >= 0.3 is 0 Å². The van der Waals surface area contributed by atoms with Gasteiger partial charge in [-0.25, -0.2) is 0 Å². The van der Waals surface area contributed by atoms with Crippen molar-refractivity contribution in [3.05, 3.63) is 58.6 Å². The smallest absolute Gasteiger partial charge is 0.0623 e. The number of rotatable bonds is 3. The Morgan fingerprint density at radius 3 is 2.50 bits per heavy atom. The summed E-state index contributed by atoms with van der Waals surface area (Å²) in [4.78, 5) is 0.699. The number of aryl methyl sites for hydroxylation is 1. The second-order valence-corrected chi connectivity index (χ2v) is 6.01. The van der Waals surface area contributed by atoms with Gasteiger partial charge in [-0.15, -0.1) is 0 Å². The van der Waals surface area contributed by atoms with Crippen LogP contribution < -0.4 is 5.73 Å². The molecule has 0 radical (unpaired) electrons. The second-order valence-electron chi connectivity index (χ2n) is 4.16. The lowest BCUT2D eigenvalue weighted by Crippen LogP contribution is -2.01. The van der Waals surface area contributed by atoms with E-state index in [4.69, 9.17) is 17.3 Å². The molecule has 0 aliphatic carbocycles. The van der Waals surface area contributed by atoms with Crippen molar-refractivity contribution in [1.29, 1.82) is 0 Å². The molecule has 0 fully saturated rings. The molecule has 0 saturated carbocycles. The molecule has 18 heavy (non-hydrogen) atoms. The lowest BCUT2D eigenvalue weighted by Gasteiger charge is -2.07. The number of halogens is 1. The molecule has 2 aromatic carbocycles. The fourth-order valence-corrected chi connectivity index (χ4v) is 3.07. The van der Waals surface area contributed by atoms with Gasteiger partial charge in [-0.05, 0) is 42.3 Å². The maximum atomic E-state index is 12.3. The summed E-state index contributed by atoms with van der Waals surface area (Å²) in [5, 5.41) is 0.680. The molecule has 2 nitrogen and oxygen atoms in total. The number of nitrogen functional groups attached to an aromatic ring is 1. The van der Waals surface area contributed by atoms with Crippen LogP contribution in [0.25, 0.3) is 0 Å². The molecule has 0 amide bonds. The topological polar surface area (TPSA) is 43.1 Å². The lowest BCUT2D eigenvalue weighted by molar-refractivity contribution is 0.683. The highest BCUT2D eigenvalue weighted by Crippen LogP contribution is 2.21. The predicted molar refractivity (Wildman–Crippen MR) is 77.2 cm³/mol. The molecule has 0 spiro atoms. The molecule has 1 atom stereocenters. The number of nitrogens with two attached hydrogens (primary N) is 1. The SMILES string of the molecule is Cc1ccc(N)c(S(=O)Cc2ccc(Cl)cc2)c1. The second kappa shape index (κ2) is 5.55. The summed E-state index contributed by atoms with van der Waals surface area (Å²) in [6.07, 6.45) is 0. The Hall–Kier alpha value is -1.32. The van der Waals surface area contributed by atoms with Crippen LogP contribution in [0.2, 0.25) is 5.02 Å². The minimum Gasteiger partial charge on any atom is -0.398 e. The van der Waals surface area contributed by atoms with Gasteiger partial charge < -0.3 is 5.73 Å². The van der Waals surface area contributed by atoms with E-state index in [1.54, 1.807) is 18.2 Å². The van der Waals surface area contributed by atoms with E-state index < -0.39 is 10.8 Å². The van der Waals surface area contributed by atoms with Crippen LogP contribution in [-0.2, 0) is 16.6 Å². The number of hydrogen-bond donors (Lipinski definition) is 1. The standard InChI is InChI=1S/C14H14ClNOS/c1-10-2-7-13(16)14(8-10)18(17)9-11-3-5-12(15)6-4-11/h2-8H,9,16H2,1H3. The number of benzene rings is 2. The van der Waals surface area contributed by atoms with Gasteiger partial charge in [0.1, 0.15) is 0 Å². The van der Waals surface area contributed by atoms with Crippen molar-refractivity contribution < 1.29 is 4.21 Å². The zero-order valence-electron chi connectivity index (χ0n) is 10.0. The Bertz CT molecular complexity index is 581. The Morgan fingerprint density at radius 1 is 1.17 bits per heavy atom. The minimum absolute atomic E-state index is 0.449. The molecular weight excluding hydrogens is 266 g/mol. The van der Waals surface area contributed by atoms with Crippen molar-refractivity contribution in [3.63, 3.8) is 0 Å². The van der Waals surface area contributed by atoms with Crippen LogP contribution >= 0.6 is 11.6 Å². The molecule has 0 aliphatic heterocycles. The molecule has 1 unspecified atom stereocenters. The lowest BCUT2D eigenvalue weighted by atomic mass is 10.2. The fourth-order valence-electron chi connectivity index (χ4n) is 1.65. The highest BCUT2D eigenvalue weighted by molar-refractivity contribution is 7.84. The van der Waals surface area contributed by atoms with E-state index in [1.165, 1.54) is 0 Å². The van der Waals surface area contributed by atoms with Gasteiger partial charge in [-0.1, -0.05) is 29.8 Å². The third-order valence-corrected chi connectivity index (χ3v) is 4.32. The first kappa shape index (κ1) is 13.1. The first-order chi connectivity index (χ1) is 8.56. The molecule has 0 aromatic heterocycles. The van der Waals surface area contributed by atoms with E-state index in [0.717, 1.165) is 11.1 Å². The third kappa shape index (κ3) is 3.12. The molecule has 0 saturated heterocycles. The van der Waals surface area contributed by atoms with Crippen molar-refractivity contribution >= 4 is 28.1 Å². The van der Waals surface area contributed by atoms with Crippen LogP contribution in [0.1, 0.15) is 11.1 Å². The molecule has 94 valence electrons. The summed E-state index contributed by atoms with van der Waals surface area (Å²) in [6, 6.07) is 12.9. The van der Waals surface area contributed by atoms with Crippen molar-refractivity contribution in [1.82, 2.24) is 0 Å². The Morgan fingerprint density at radius 2 is 1.83 bits per heavy atom. The minimum atomic E-state index is -1.13. The van der Waals surface area contributed by atoms with Crippen molar-refractivity contribution in [2.75, 3.05) is 5.73 Å². The van der Waals surface area contributed by atoms with Crippen LogP contribution in [0, 0.1) is 6.92 Å². The molecule has 4 heteroatoms. The Labute approximate surface area is 114 Å². The zero-order chi connectivity index (χ0) is 13.1. The Balaban J connectivity index is 2.21. The van der Waals surface area contributed by atoms with E-state index in [-0.39, 0.29) is 0 Å². The van der Waals surface area contributed by atoms with Crippen LogP contribution in [0.4, 0.5) is 5.69 Å². The predicted octanol–water partition coefficient (Wildman–Crippen LogP) is 3.54. The van der Waals surface area contributed by atoms with Crippen molar-refractivity contribution in [2.45, 2.75) is 17.6 Å². The van der Waals surface area contributed by atoms with E-state index in [0.29, 0.717) is 21.4 Å². The molecule has 2 N–H and O–H groups in total. The Kier molecular flexibility index (Phi) is 4.04. The monoisotopic (exact) mass is 279 g/mol. The maximum Gasteiger partial charge on any atom is 0.0623 e. The molecule has 2 aromatic rings.